The molecule has 0 atom stereocenters. The van der Waals surface area contributed by atoms with Crippen molar-refractivity contribution in [2.45, 2.75) is 11.8 Å². The fourth-order valence-electron chi connectivity index (χ4n) is 2.28. The number of carbonyl (C=O) groups is 2. The van der Waals surface area contributed by atoms with Crippen molar-refractivity contribution in [3.8, 4) is 5.75 Å². The molecule has 0 aromatic heterocycles. The van der Waals surface area contributed by atoms with Crippen molar-refractivity contribution in [2.24, 2.45) is 0 Å². The quantitative estimate of drug-likeness (QED) is 0.728. The van der Waals surface area contributed by atoms with E-state index in [0.29, 0.717) is 5.69 Å². The van der Waals surface area contributed by atoms with Crippen molar-refractivity contribution in [3.05, 3.63) is 53.6 Å². The highest BCUT2D eigenvalue weighted by atomic mass is 32.2. The predicted molar refractivity (Wildman–Crippen MR) is 106 cm³/mol. The maximum Gasteiger partial charge on any atom is 0.265 e. The molecule has 0 bridgehead atoms. The molecular formula is C19H23N3O5S. The molecule has 0 aliphatic heterocycles. The number of carbonyl (C=O) groups excluding carboxylic acids is 2. The lowest BCUT2D eigenvalue weighted by molar-refractivity contribution is -0.127. The van der Waals surface area contributed by atoms with Crippen LogP contribution in [0.4, 0.5) is 5.69 Å². The molecule has 2 aromatic rings. The standard InChI is InChI=1S/C19H23N3O5S/c1-13-5-8-15(9-6-13)21-28(25,26)17-11-14(7-10-16(17)27-4)19(24)20-12-18(23)22(2)3/h5-11,21H,12H2,1-4H3,(H,20,24). The molecule has 2 aromatic carbocycles. The van der Waals surface area contributed by atoms with Gasteiger partial charge in [0, 0.05) is 25.3 Å². The summed E-state index contributed by atoms with van der Waals surface area (Å²) in [6, 6.07) is 10.9. The van der Waals surface area contributed by atoms with E-state index in [0.717, 1.165) is 5.56 Å². The topological polar surface area (TPSA) is 105 Å². The van der Waals surface area contributed by atoms with Crippen LogP contribution in [0, 0.1) is 6.92 Å². The van der Waals surface area contributed by atoms with Gasteiger partial charge >= 0.3 is 0 Å². The van der Waals surface area contributed by atoms with Gasteiger partial charge in [0.1, 0.15) is 10.6 Å². The number of ether oxygens (including phenoxy) is 1. The highest BCUT2D eigenvalue weighted by Gasteiger charge is 2.22. The van der Waals surface area contributed by atoms with Crippen LogP contribution in [0.3, 0.4) is 0 Å². The Morgan fingerprint density at radius 1 is 1.07 bits per heavy atom. The Bertz CT molecular complexity index is 970. The van der Waals surface area contributed by atoms with E-state index >= 15 is 0 Å². The molecule has 2 N–H and O–H groups in total. The van der Waals surface area contributed by atoms with Crippen molar-refractivity contribution in [1.82, 2.24) is 10.2 Å². The maximum atomic E-state index is 12.8. The Morgan fingerprint density at radius 2 is 1.71 bits per heavy atom. The average Bonchev–Trinajstić information content (AvgIpc) is 2.66. The molecule has 0 fully saturated rings. The molecular weight excluding hydrogens is 382 g/mol. The Morgan fingerprint density at radius 3 is 2.29 bits per heavy atom. The molecule has 2 rings (SSSR count). The Labute approximate surface area is 164 Å². The molecule has 0 unspecified atom stereocenters. The van der Waals surface area contributed by atoms with Gasteiger partial charge in [-0.1, -0.05) is 17.7 Å². The minimum atomic E-state index is -4.00. The summed E-state index contributed by atoms with van der Waals surface area (Å²) in [6.45, 7) is 1.70. The lowest BCUT2D eigenvalue weighted by Gasteiger charge is -2.14. The number of methoxy groups -OCH3 is 1. The summed E-state index contributed by atoms with van der Waals surface area (Å²) in [5, 5.41) is 2.47. The molecule has 8 nitrogen and oxygen atoms in total. The van der Waals surface area contributed by atoms with E-state index < -0.39 is 15.9 Å². The van der Waals surface area contributed by atoms with E-state index in [2.05, 4.69) is 10.0 Å². The first-order valence-electron chi connectivity index (χ1n) is 8.40. The summed E-state index contributed by atoms with van der Waals surface area (Å²) in [5.41, 5.74) is 1.47. The van der Waals surface area contributed by atoms with Gasteiger partial charge in [-0.05, 0) is 37.3 Å². The minimum Gasteiger partial charge on any atom is -0.495 e. The molecule has 28 heavy (non-hydrogen) atoms. The monoisotopic (exact) mass is 405 g/mol. The number of likely N-dealkylation sites (N-methyl/N-ethyl adjacent to an activating group) is 1. The number of aryl methyl sites for hydroxylation is 1. The first-order chi connectivity index (χ1) is 13.1. The second kappa shape index (κ2) is 8.75. The normalized spacial score (nSPS) is 10.9. The molecule has 0 heterocycles. The number of nitrogens with one attached hydrogen (secondary N) is 2. The molecule has 150 valence electrons. The van der Waals surface area contributed by atoms with Crippen LogP contribution in [0.1, 0.15) is 15.9 Å². The van der Waals surface area contributed by atoms with Crippen molar-refractivity contribution >= 4 is 27.5 Å². The zero-order valence-corrected chi connectivity index (χ0v) is 17.0. The molecule has 0 saturated carbocycles. The van der Waals surface area contributed by atoms with E-state index in [1.54, 1.807) is 38.4 Å². The van der Waals surface area contributed by atoms with Gasteiger partial charge in [-0.3, -0.25) is 14.3 Å². The number of nitrogens with zero attached hydrogens (tertiary/aromatic N) is 1. The van der Waals surface area contributed by atoms with E-state index in [4.69, 9.17) is 4.74 Å². The number of sulfonamides is 1. The lowest BCUT2D eigenvalue weighted by atomic mass is 10.2. The highest BCUT2D eigenvalue weighted by Crippen LogP contribution is 2.27. The first-order valence-corrected chi connectivity index (χ1v) is 9.88. The molecule has 0 aliphatic rings. The zero-order valence-electron chi connectivity index (χ0n) is 16.1. The van der Waals surface area contributed by atoms with Crippen molar-refractivity contribution in [2.75, 3.05) is 32.5 Å². The number of benzene rings is 2. The van der Waals surface area contributed by atoms with Gasteiger partial charge < -0.3 is 15.0 Å². The molecule has 0 spiro atoms. The third kappa shape index (κ3) is 5.23. The number of anilines is 1. The summed E-state index contributed by atoms with van der Waals surface area (Å²) in [5.74, 6) is -0.749. The van der Waals surface area contributed by atoms with Crippen LogP contribution in [0.15, 0.2) is 47.4 Å². The largest absolute Gasteiger partial charge is 0.495 e. The van der Waals surface area contributed by atoms with E-state index in [1.807, 2.05) is 6.92 Å². The van der Waals surface area contributed by atoms with Gasteiger partial charge in [-0.25, -0.2) is 8.42 Å². The zero-order chi connectivity index (χ0) is 20.9. The highest BCUT2D eigenvalue weighted by molar-refractivity contribution is 7.92. The molecule has 9 heteroatoms. The van der Waals surface area contributed by atoms with Crippen LogP contribution < -0.4 is 14.8 Å². The van der Waals surface area contributed by atoms with Gasteiger partial charge in [0.2, 0.25) is 5.91 Å². The SMILES string of the molecule is COc1ccc(C(=O)NCC(=O)N(C)C)cc1S(=O)(=O)Nc1ccc(C)cc1. The number of hydrogen-bond acceptors (Lipinski definition) is 5. The van der Waals surface area contributed by atoms with Gasteiger partial charge in [0.15, 0.2) is 0 Å². The van der Waals surface area contributed by atoms with Crippen LogP contribution in [0.5, 0.6) is 5.75 Å². The summed E-state index contributed by atoms with van der Waals surface area (Å²) < 4.78 is 33.2. The average molecular weight is 405 g/mol. The second-order valence-electron chi connectivity index (χ2n) is 6.31. The molecule has 2 amide bonds. The van der Waals surface area contributed by atoms with Crippen molar-refractivity contribution in [1.29, 1.82) is 0 Å². The predicted octanol–water partition coefficient (Wildman–Crippen LogP) is 1.62. The first kappa shape index (κ1) is 21.2. The third-order valence-electron chi connectivity index (χ3n) is 3.92. The third-order valence-corrected chi connectivity index (χ3v) is 5.32. The van der Waals surface area contributed by atoms with Crippen molar-refractivity contribution < 1.29 is 22.7 Å². The van der Waals surface area contributed by atoms with E-state index in [1.165, 1.54) is 30.2 Å². The molecule has 0 radical (unpaired) electrons. The van der Waals surface area contributed by atoms with E-state index in [9.17, 15) is 18.0 Å². The summed E-state index contributed by atoms with van der Waals surface area (Å²) in [4.78, 5) is 25.1. The summed E-state index contributed by atoms with van der Waals surface area (Å²) >= 11 is 0. The fraction of sp³-hybridized carbons (Fsp3) is 0.263. The van der Waals surface area contributed by atoms with Crippen LogP contribution in [0.25, 0.3) is 0 Å². The lowest BCUT2D eigenvalue weighted by Crippen LogP contribution is -2.36. The smallest absolute Gasteiger partial charge is 0.265 e. The molecule has 0 aliphatic carbocycles. The van der Waals surface area contributed by atoms with Gasteiger partial charge in [-0.15, -0.1) is 0 Å². The number of rotatable bonds is 7. The maximum absolute atomic E-state index is 12.8. The summed E-state index contributed by atoms with van der Waals surface area (Å²) in [7, 11) is 0.489. The van der Waals surface area contributed by atoms with E-state index in [-0.39, 0.29) is 28.7 Å². The van der Waals surface area contributed by atoms with Gasteiger partial charge in [-0.2, -0.15) is 0 Å². The van der Waals surface area contributed by atoms with Crippen molar-refractivity contribution in [3.63, 3.8) is 0 Å². The van der Waals surface area contributed by atoms with Crippen LogP contribution in [0.2, 0.25) is 0 Å². The van der Waals surface area contributed by atoms with Gasteiger partial charge in [0.05, 0.1) is 13.7 Å². The number of amides is 2. The second-order valence-corrected chi connectivity index (χ2v) is 7.96. The van der Waals surface area contributed by atoms with Crippen LogP contribution in [-0.2, 0) is 14.8 Å². The van der Waals surface area contributed by atoms with Crippen LogP contribution in [-0.4, -0.2) is 52.9 Å². The molecule has 0 saturated heterocycles. The van der Waals surface area contributed by atoms with Crippen LogP contribution >= 0.6 is 0 Å². The Kier molecular flexibility index (Phi) is 6.63. The minimum absolute atomic E-state index is 0.0941. The number of hydrogen-bond donors (Lipinski definition) is 2. The fourth-order valence-corrected chi connectivity index (χ4v) is 3.53. The Balaban J connectivity index is 2.29. The Hall–Kier alpha value is -3.07. The summed E-state index contributed by atoms with van der Waals surface area (Å²) in [6.07, 6.45) is 0. The van der Waals surface area contributed by atoms with Gasteiger partial charge in [0.25, 0.3) is 15.9 Å².